The topological polar surface area (TPSA) is 29.3 Å². The third-order valence-corrected chi connectivity index (χ3v) is 3.79. The third-order valence-electron chi connectivity index (χ3n) is 3.79. The molecule has 2 nitrogen and oxygen atoms in total. The molecule has 0 saturated carbocycles. The molecule has 0 radical (unpaired) electrons. The fourth-order valence-electron chi connectivity index (χ4n) is 2.61. The van der Waals surface area contributed by atoms with Crippen molar-refractivity contribution in [3.8, 4) is 0 Å². The van der Waals surface area contributed by atoms with Gasteiger partial charge in [0.25, 0.3) is 0 Å². The van der Waals surface area contributed by atoms with E-state index in [1.165, 1.54) is 18.9 Å². The first kappa shape index (κ1) is 12.5. The van der Waals surface area contributed by atoms with Gasteiger partial charge in [-0.2, -0.15) is 0 Å². The van der Waals surface area contributed by atoms with E-state index in [0.29, 0.717) is 5.56 Å². The number of hydrogen-bond donors (Lipinski definition) is 1. The highest BCUT2D eigenvalue weighted by Gasteiger charge is 2.32. The molecule has 1 aliphatic heterocycles. The van der Waals surface area contributed by atoms with Gasteiger partial charge in [-0.3, -0.25) is 4.90 Å². The highest BCUT2D eigenvalue weighted by Crippen LogP contribution is 2.30. The van der Waals surface area contributed by atoms with Crippen molar-refractivity contribution in [1.82, 2.24) is 4.90 Å². The van der Waals surface area contributed by atoms with E-state index in [1.54, 1.807) is 12.1 Å². The highest BCUT2D eigenvalue weighted by atomic mass is 19.1. The van der Waals surface area contributed by atoms with Crippen LogP contribution in [-0.2, 0) is 0 Å². The predicted molar refractivity (Wildman–Crippen MR) is 68.2 cm³/mol. The number of likely N-dealkylation sites (tertiary alicyclic amines) is 1. The van der Waals surface area contributed by atoms with Crippen LogP contribution in [0.5, 0.6) is 0 Å². The average Bonchev–Trinajstić information content (AvgIpc) is 2.59. The van der Waals surface area contributed by atoms with Gasteiger partial charge in [-0.05, 0) is 39.3 Å². The molecule has 1 aromatic rings. The van der Waals surface area contributed by atoms with Crippen molar-refractivity contribution in [2.24, 2.45) is 5.73 Å². The van der Waals surface area contributed by atoms with Crippen molar-refractivity contribution in [2.45, 2.75) is 38.3 Å². The molecule has 2 rings (SSSR count). The van der Waals surface area contributed by atoms with E-state index >= 15 is 0 Å². The van der Waals surface area contributed by atoms with Gasteiger partial charge in [0.15, 0.2) is 0 Å². The maximum absolute atomic E-state index is 13.6. The largest absolute Gasteiger partial charge is 0.323 e. The summed E-state index contributed by atoms with van der Waals surface area (Å²) < 4.78 is 13.6. The van der Waals surface area contributed by atoms with Crippen LogP contribution < -0.4 is 5.73 Å². The van der Waals surface area contributed by atoms with Crippen LogP contribution in [-0.4, -0.2) is 23.5 Å². The van der Waals surface area contributed by atoms with Crippen molar-refractivity contribution < 1.29 is 4.39 Å². The maximum Gasteiger partial charge on any atom is 0.128 e. The summed E-state index contributed by atoms with van der Waals surface area (Å²) in [5, 5.41) is 0. The van der Waals surface area contributed by atoms with Gasteiger partial charge in [-0.15, -0.1) is 0 Å². The van der Waals surface area contributed by atoms with Crippen molar-refractivity contribution >= 4 is 0 Å². The Balaban J connectivity index is 2.07. The number of hydrogen-bond acceptors (Lipinski definition) is 2. The molecule has 0 aliphatic carbocycles. The number of rotatable bonds is 3. The van der Waals surface area contributed by atoms with Crippen molar-refractivity contribution in [3.05, 3.63) is 35.6 Å². The summed E-state index contributed by atoms with van der Waals surface area (Å²) in [6.07, 6.45) is 2.40. The Hall–Kier alpha value is -0.930. The lowest BCUT2D eigenvalue weighted by molar-refractivity contribution is 0.164. The summed E-state index contributed by atoms with van der Waals surface area (Å²) in [6.45, 7) is 6.26. The first-order valence-electron chi connectivity index (χ1n) is 6.26. The Morgan fingerprint density at radius 2 is 2.12 bits per heavy atom. The zero-order chi connectivity index (χ0) is 12.5. The SMILES string of the molecule is CC1(C)CCCN1CC(N)c1ccccc1F. The number of halogens is 1. The molecule has 1 saturated heterocycles. The Labute approximate surface area is 103 Å². The number of nitrogens with two attached hydrogens (primary N) is 1. The van der Waals surface area contributed by atoms with Crippen LogP contribution in [0, 0.1) is 5.82 Å². The number of nitrogens with zero attached hydrogens (tertiary/aromatic N) is 1. The second-order valence-electron chi connectivity index (χ2n) is 5.49. The summed E-state index contributed by atoms with van der Waals surface area (Å²) in [7, 11) is 0. The number of benzene rings is 1. The molecule has 1 aliphatic rings. The Kier molecular flexibility index (Phi) is 3.50. The van der Waals surface area contributed by atoms with Crippen LogP contribution in [0.15, 0.2) is 24.3 Å². The normalized spacial score (nSPS) is 21.6. The summed E-state index contributed by atoms with van der Waals surface area (Å²) in [4.78, 5) is 2.37. The Morgan fingerprint density at radius 3 is 2.71 bits per heavy atom. The van der Waals surface area contributed by atoms with E-state index in [1.807, 2.05) is 6.07 Å². The average molecular weight is 236 g/mol. The predicted octanol–water partition coefficient (Wildman–Crippen LogP) is 2.70. The van der Waals surface area contributed by atoms with E-state index in [4.69, 9.17) is 5.73 Å². The van der Waals surface area contributed by atoms with Crippen molar-refractivity contribution in [3.63, 3.8) is 0 Å². The molecule has 0 amide bonds. The minimum absolute atomic E-state index is 0.197. The fourth-order valence-corrected chi connectivity index (χ4v) is 2.61. The van der Waals surface area contributed by atoms with Crippen LogP contribution in [0.2, 0.25) is 0 Å². The van der Waals surface area contributed by atoms with E-state index in [-0.39, 0.29) is 17.4 Å². The van der Waals surface area contributed by atoms with E-state index < -0.39 is 0 Å². The molecule has 1 fully saturated rings. The summed E-state index contributed by atoms with van der Waals surface area (Å²) >= 11 is 0. The van der Waals surface area contributed by atoms with Gasteiger partial charge in [0.2, 0.25) is 0 Å². The molecular weight excluding hydrogens is 215 g/mol. The third kappa shape index (κ3) is 2.67. The Morgan fingerprint density at radius 1 is 1.41 bits per heavy atom. The molecule has 1 aromatic carbocycles. The van der Waals surface area contributed by atoms with Gasteiger partial charge in [0, 0.05) is 23.7 Å². The Bertz CT molecular complexity index is 390. The second kappa shape index (κ2) is 4.75. The standard InChI is InChI=1S/C14H21FN2/c1-14(2)8-5-9-17(14)10-13(16)11-6-3-4-7-12(11)15/h3-4,6-7,13H,5,8-10,16H2,1-2H3. The lowest BCUT2D eigenvalue weighted by Crippen LogP contribution is -2.42. The second-order valence-corrected chi connectivity index (χ2v) is 5.49. The van der Waals surface area contributed by atoms with Crippen LogP contribution in [0.1, 0.15) is 38.3 Å². The zero-order valence-corrected chi connectivity index (χ0v) is 10.6. The molecule has 1 atom stereocenters. The molecular formula is C14H21FN2. The van der Waals surface area contributed by atoms with E-state index in [0.717, 1.165) is 13.1 Å². The van der Waals surface area contributed by atoms with Gasteiger partial charge in [0.1, 0.15) is 5.82 Å². The fraction of sp³-hybridized carbons (Fsp3) is 0.571. The monoisotopic (exact) mass is 236 g/mol. The molecule has 1 heterocycles. The molecule has 2 N–H and O–H groups in total. The molecule has 0 spiro atoms. The van der Waals surface area contributed by atoms with Crippen LogP contribution in [0.3, 0.4) is 0 Å². The molecule has 17 heavy (non-hydrogen) atoms. The highest BCUT2D eigenvalue weighted by molar-refractivity contribution is 5.21. The van der Waals surface area contributed by atoms with Crippen LogP contribution in [0.25, 0.3) is 0 Å². The molecule has 0 bridgehead atoms. The summed E-state index contributed by atoms with van der Waals surface area (Å²) in [6, 6.07) is 6.56. The van der Waals surface area contributed by atoms with Gasteiger partial charge in [0.05, 0.1) is 0 Å². The van der Waals surface area contributed by atoms with E-state index in [2.05, 4.69) is 18.7 Å². The molecule has 0 aromatic heterocycles. The minimum Gasteiger partial charge on any atom is -0.323 e. The lowest BCUT2D eigenvalue weighted by atomic mass is 10.0. The van der Waals surface area contributed by atoms with E-state index in [9.17, 15) is 4.39 Å². The smallest absolute Gasteiger partial charge is 0.128 e. The van der Waals surface area contributed by atoms with Crippen molar-refractivity contribution in [2.75, 3.05) is 13.1 Å². The summed E-state index contributed by atoms with van der Waals surface area (Å²) in [5.74, 6) is -0.197. The van der Waals surface area contributed by atoms with Crippen LogP contribution in [0.4, 0.5) is 4.39 Å². The first-order chi connectivity index (χ1) is 8.00. The van der Waals surface area contributed by atoms with Gasteiger partial charge in [-0.1, -0.05) is 18.2 Å². The van der Waals surface area contributed by atoms with Gasteiger partial charge in [-0.25, -0.2) is 4.39 Å². The van der Waals surface area contributed by atoms with Crippen LogP contribution >= 0.6 is 0 Å². The molecule has 94 valence electrons. The maximum atomic E-state index is 13.6. The van der Waals surface area contributed by atoms with Gasteiger partial charge >= 0.3 is 0 Å². The molecule has 1 unspecified atom stereocenters. The zero-order valence-electron chi connectivity index (χ0n) is 10.6. The first-order valence-corrected chi connectivity index (χ1v) is 6.26. The molecule has 3 heteroatoms. The van der Waals surface area contributed by atoms with Crippen molar-refractivity contribution in [1.29, 1.82) is 0 Å². The minimum atomic E-state index is -0.242. The summed E-state index contributed by atoms with van der Waals surface area (Å²) in [5.41, 5.74) is 6.93. The lowest BCUT2D eigenvalue weighted by Gasteiger charge is -2.33. The van der Waals surface area contributed by atoms with Gasteiger partial charge < -0.3 is 5.73 Å². The quantitative estimate of drug-likeness (QED) is 0.874.